The Hall–Kier alpha value is 0.250. The smallest absolute Gasteiger partial charge is 0.0229 e. The maximum absolute atomic E-state index is 5.80. The van der Waals surface area contributed by atoms with Crippen molar-refractivity contribution >= 4 is 11.6 Å². The second-order valence-corrected chi connectivity index (χ2v) is 5.60. The Kier molecular flexibility index (Phi) is 3.73. The van der Waals surface area contributed by atoms with Gasteiger partial charge in [0.1, 0.15) is 0 Å². The van der Waals surface area contributed by atoms with E-state index in [0.29, 0.717) is 5.41 Å². The molecule has 0 radical (unpaired) electrons. The minimum Gasteiger partial charge on any atom is -0.316 e. The van der Waals surface area contributed by atoms with Crippen molar-refractivity contribution in [1.29, 1.82) is 0 Å². The first-order chi connectivity index (χ1) is 6.85. The lowest BCUT2D eigenvalue weighted by Gasteiger charge is -2.16. The molecule has 0 amide bonds. The fraction of sp³-hybridized carbons (Fsp3) is 1.00. The zero-order valence-corrected chi connectivity index (χ0v) is 9.78. The molecular weight excluding hydrogens is 194 g/mol. The molecule has 0 heterocycles. The number of halogens is 1. The van der Waals surface area contributed by atoms with Gasteiger partial charge in [-0.15, -0.1) is 11.6 Å². The predicted molar refractivity (Wildman–Crippen MR) is 61.8 cm³/mol. The third-order valence-corrected chi connectivity index (χ3v) is 4.18. The standard InChI is InChI=1S/C12H22ClN/c13-8-7-12(5-6-12)10-14-9-11-3-1-2-4-11/h11,14H,1-10H2. The van der Waals surface area contributed by atoms with Gasteiger partial charge in [-0.3, -0.25) is 0 Å². The summed E-state index contributed by atoms with van der Waals surface area (Å²) in [4.78, 5) is 0. The molecule has 0 atom stereocenters. The summed E-state index contributed by atoms with van der Waals surface area (Å²) >= 11 is 5.80. The van der Waals surface area contributed by atoms with Crippen LogP contribution in [0.25, 0.3) is 0 Å². The molecule has 2 saturated carbocycles. The zero-order valence-electron chi connectivity index (χ0n) is 9.03. The molecule has 2 aliphatic rings. The molecule has 0 aromatic rings. The van der Waals surface area contributed by atoms with Gasteiger partial charge in [-0.1, -0.05) is 12.8 Å². The topological polar surface area (TPSA) is 12.0 Å². The summed E-state index contributed by atoms with van der Waals surface area (Å²) in [6.45, 7) is 2.47. The highest BCUT2D eigenvalue weighted by molar-refractivity contribution is 6.17. The van der Waals surface area contributed by atoms with Gasteiger partial charge in [0.25, 0.3) is 0 Å². The minimum atomic E-state index is 0.611. The Bertz CT molecular complexity index is 171. The predicted octanol–water partition coefficient (Wildman–Crippen LogP) is 3.18. The van der Waals surface area contributed by atoms with Crippen molar-refractivity contribution in [2.45, 2.75) is 44.9 Å². The van der Waals surface area contributed by atoms with Crippen molar-refractivity contribution in [2.24, 2.45) is 11.3 Å². The molecule has 0 aromatic heterocycles. The van der Waals surface area contributed by atoms with Gasteiger partial charge in [-0.25, -0.2) is 0 Å². The fourth-order valence-corrected chi connectivity index (χ4v) is 3.05. The first-order valence-corrected chi connectivity index (χ1v) is 6.65. The van der Waals surface area contributed by atoms with Crippen LogP contribution in [0.3, 0.4) is 0 Å². The van der Waals surface area contributed by atoms with Crippen LogP contribution >= 0.6 is 11.6 Å². The number of hydrogen-bond donors (Lipinski definition) is 1. The maximum atomic E-state index is 5.80. The average Bonchev–Trinajstić information content (AvgIpc) is 2.75. The first-order valence-electron chi connectivity index (χ1n) is 6.11. The van der Waals surface area contributed by atoms with Crippen molar-refractivity contribution < 1.29 is 0 Å². The Balaban J connectivity index is 1.58. The second kappa shape index (κ2) is 4.85. The van der Waals surface area contributed by atoms with Crippen LogP contribution in [-0.4, -0.2) is 19.0 Å². The quantitative estimate of drug-likeness (QED) is 0.672. The van der Waals surface area contributed by atoms with E-state index in [1.54, 1.807) is 0 Å². The molecule has 2 rings (SSSR count). The summed E-state index contributed by atoms with van der Waals surface area (Å²) in [5.41, 5.74) is 0.611. The second-order valence-electron chi connectivity index (χ2n) is 5.22. The summed E-state index contributed by atoms with van der Waals surface area (Å²) in [5, 5.41) is 3.66. The summed E-state index contributed by atoms with van der Waals surface area (Å²) in [6.07, 6.45) is 9.84. The van der Waals surface area contributed by atoms with Crippen molar-refractivity contribution in [3.05, 3.63) is 0 Å². The Morgan fingerprint density at radius 3 is 2.50 bits per heavy atom. The zero-order chi connectivity index (χ0) is 9.86. The van der Waals surface area contributed by atoms with Gasteiger partial charge in [0.05, 0.1) is 0 Å². The highest BCUT2D eigenvalue weighted by Crippen LogP contribution is 2.48. The van der Waals surface area contributed by atoms with Gasteiger partial charge < -0.3 is 5.32 Å². The minimum absolute atomic E-state index is 0.611. The van der Waals surface area contributed by atoms with Gasteiger partial charge in [0.15, 0.2) is 0 Å². The molecule has 0 unspecified atom stereocenters. The third kappa shape index (κ3) is 2.87. The largest absolute Gasteiger partial charge is 0.316 e. The fourth-order valence-electron chi connectivity index (χ4n) is 2.65. The van der Waals surface area contributed by atoms with Gasteiger partial charge in [-0.05, 0) is 50.0 Å². The first kappa shape index (κ1) is 10.8. The van der Waals surface area contributed by atoms with Gasteiger partial charge in [-0.2, -0.15) is 0 Å². The third-order valence-electron chi connectivity index (χ3n) is 3.99. The highest BCUT2D eigenvalue weighted by Gasteiger charge is 2.41. The van der Waals surface area contributed by atoms with Crippen molar-refractivity contribution in [3.8, 4) is 0 Å². The maximum Gasteiger partial charge on any atom is 0.0229 e. The molecule has 82 valence electrons. The molecule has 2 aliphatic carbocycles. The van der Waals surface area contributed by atoms with Gasteiger partial charge >= 0.3 is 0 Å². The normalized spacial score (nSPS) is 25.5. The van der Waals surface area contributed by atoms with E-state index in [0.717, 1.165) is 11.8 Å². The van der Waals surface area contributed by atoms with Gasteiger partial charge in [0.2, 0.25) is 0 Å². The van der Waals surface area contributed by atoms with E-state index in [1.165, 1.54) is 58.0 Å². The average molecular weight is 216 g/mol. The summed E-state index contributed by atoms with van der Waals surface area (Å²) < 4.78 is 0. The van der Waals surface area contributed by atoms with Crippen molar-refractivity contribution in [2.75, 3.05) is 19.0 Å². The van der Waals surface area contributed by atoms with Crippen LogP contribution in [0.4, 0.5) is 0 Å². The molecule has 2 fully saturated rings. The molecule has 1 N–H and O–H groups in total. The van der Waals surface area contributed by atoms with Crippen LogP contribution in [0, 0.1) is 11.3 Å². The molecule has 1 nitrogen and oxygen atoms in total. The molecule has 0 spiro atoms. The molecule has 2 heteroatoms. The lowest BCUT2D eigenvalue weighted by atomic mass is 10.0. The summed E-state index contributed by atoms with van der Waals surface area (Å²) in [6, 6.07) is 0. The summed E-state index contributed by atoms with van der Waals surface area (Å²) in [7, 11) is 0. The number of alkyl halides is 1. The summed E-state index contributed by atoms with van der Waals surface area (Å²) in [5.74, 6) is 1.81. The SMILES string of the molecule is ClCCC1(CNCC2CCCC2)CC1. The van der Waals surface area contributed by atoms with Crippen LogP contribution in [0.2, 0.25) is 0 Å². The Labute approximate surface area is 92.6 Å². The highest BCUT2D eigenvalue weighted by atomic mass is 35.5. The number of nitrogens with one attached hydrogen (secondary N) is 1. The van der Waals surface area contributed by atoms with Crippen LogP contribution in [0.5, 0.6) is 0 Å². The van der Waals surface area contributed by atoms with E-state index >= 15 is 0 Å². The number of hydrogen-bond acceptors (Lipinski definition) is 1. The van der Waals surface area contributed by atoms with E-state index in [-0.39, 0.29) is 0 Å². The molecule has 0 aliphatic heterocycles. The molecule has 0 bridgehead atoms. The van der Waals surface area contributed by atoms with Gasteiger partial charge in [0, 0.05) is 12.4 Å². The van der Waals surface area contributed by atoms with E-state index in [2.05, 4.69) is 5.32 Å². The molecule has 14 heavy (non-hydrogen) atoms. The molecule has 0 saturated heterocycles. The van der Waals surface area contributed by atoms with E-state index in [1.807, 2.05) is 0 Å². The van der Waals surface area contributed by atoms with Crippen molar-refractivity contribution in [3.63, 3.8) is 0 Å². The van der Waals surface area contributed by atoms with E-state index in [4.69, 9.17) is 11.6 Å². The Morgan fingerprint density at radius 2 is 1.93 bits per heavy atom. The van der Waals surface area contributed by atoms with E-state index < -0.39 is 0 Å². The van der Waals surface area contributed by atoms with Crippen LogP contribution < -0.4 is 5.32 Å². The van der Waals surface area contributed by atoms with Crippen molar-refractivity contribution in [1.82, 2.24) is 5.32 Å². The molecule has 0 aromatic carbocycles. The van der Waals surface area contributed by atoms with Crippen LogP contribution in [-0.2, 0) is 0 Å². The number of rotatable bonds is 6. The lowest BCUT2D eigenvalue weighted by Crippen LogP contribution is -2.28. The van der Waals surface area contributed by atoms with E-state index in [9.17, 15) is 0 Å². The molecular formula is C12H22ClN. The Morgan fingerprint density at radius 1 is 1.21 bits per heavy atom. The lowest BCUT2D eigenvalue weighted by molar-refractivity contribution is 0.408. The van der Waals surface area contributed by atoms with Crippen LogP contribution in [0.1, 0.15) is 44.9 Å². The monoisotopic (exact) mass is 215 g/mol. The van der Waals surface area contributed by atoms with Crippen LogP contribution in [0.15, 0.2) is 0 Å².